The molecule has 1 aromatic rings. The molecule has 20 heavy (non-hydrogen) atoms. The maximum Gasteiger partial charge on any atom is 0.304 e. The number of hydrogen-bond donors (Lipinski definition) is 2. The molecule has 0 aromatic carbocycles. The zero-order chi connectivity index (χ0) is 15.6. The number of nitrogens with one attached hydrogen (secondary N) is 1. The molecule has 0 aliphatic heterocycles. The maximum atomic E-state index is 12.0. The molecular weight excluding hydrogens is 302 g/mol. The molecule has 0 fully saturated rings. The lowest BCUT2D eigenvalue weighted by molar-refractivity contribution is -0.137. The summed E-state index contributed by atoms with van der Waals surface area (Å²) in [4.78, 5) is 14.7. The summed E-state index contributed by atoms with van der Waals surface area (Å²) in [6.45, 7) is 5.86. The largest absolute Gasteiger partial charge is 0.481 e. The second-order valence-corrected chi connectivity index (χ2v) is 8.00. The number of aromatic nitrogens is 1. The Bertz CT molecular complexity index is 575. The van der Waals surface area contributed by atoms with Crippen molar-refractivity contribution >= 4 is 32.6 Å². The van der Waals surface area contributed by atoms with Crippen LogP contribution in [-0.4, -0.2) is 42.4 Å². The molecule has 0 spiro atoms. The minimum Gasteiger partial charge on any atom is -0.481 e. The van der Waals surface area contributed by atoms with E-state index in [9.17, 15) is 13.2 Å². The summed E-state index contributed by atoms with van der Waals surface area (Å²) in [5.41, 5.74) is 0.642. The number of nitrogens with zero attached hydrogens (tertiary/aromatic N) is 2. The third kappa shape index (κ3) is 4.73. The van der Waals surface area contributed by atoms with Crippen molar-refractivity contribution in [3.8, 4) is 0 Å². The van der Waals surface area contributed by atoms with E-state index in [-0.39, 0.29) is 23.5 Å². The summed E-state index contributed by atoms with van der Waals surface area (Å²) >= 11 is 1.20. The number of anilines is 1. The van der Waals surface area contributed by atoms with Crippen LogP contribution in [0.4, 0.5) is 5.13 Å². The minimum atomic E-state index is -3.77. The number of hydrogen-bond acceptors (Lipinski definition) is 5. The van der Waals surface area contributed by atoms with Crippen molar-refractivity contribution < 1.29 is 18.3 Å². The second kappa shape index (κ2) is 6.06. The molecule has 0 saturated carbocycles. The average Bonchev–Trinajstić information content (AvgIpc) is 2.72. The van der Waals surface area contributed by atoms with E-state index in [0.717, 1.165) is 10.00 Å². The van der Waals surface area contributed by atoms with Crippen LogP contribution in [0.1, 0.15) is 32.9 Å². The first kappa shape index (κ1) is 16.9. The molecule has 9 heteroatoms. The Balaban J connectivity index is 2.76. The molecule has 7 nitrogen and oxygen atoms in total. The van der Waals surface area contributed by atoms with Gasteiger partial charge in [-0.3, -0.25) is 4.79 Å². The van der Waals surface area contributed by atoms with E-state index in [1.54, 1.807) is 5.38 Å². The lowest BCUT2D eigenvalue weighted by atomic mass is 9.93. The van der Waals surface area contributed by atoms with Gasteiger partial charge in [-0.05, 0) is 0 Å². The molecule has 0 bridgehead atoms. The number of carbonyl (C=O) groups is 1. The van der Waals surface area contributed by atoms with Crippen LogP contribution in [-0.2, 0) is 20.4 Å². The van der Waals surface area contributed by atoms with E-state index in [4.69, 9.17) is 5.11 Å². The third-order valence-electron chi connectivity index (χ3n) is 2.54. The van der Waals surface area contributed by atoms with Gasteiger partial charge in [-0.1, -0.05) is 20.8 Å². The predicted molar refractivity (Wildman–Crippen MR) is 78.2 cm³/mol. The van der Waals surface area contributed by atoms with Crippen LogP contribution in [0.25, 0.3) is 0 Å². The second-order valence-electron chi connectivity index (χ2n) is 5.36. The molecule has 1 heterocycles. The Morgan fingerprint density at radius 2 is 2.10 bits per heavy atom. The first-order chi connectivity index (χ1) is 9.02. The molecule has 0 aliphatic rings. The Morgan fingerprint density at radius 3 is 2.55 bits per heavy atom. The fourth-order valence-electron chi connectivity index (χ4n) is 1.23. The van der Waals surface area contributed by atoms with Crippen molar-refractivity contribution in [3.63, 3.8) is 0 Å². The Labute approximate surface area is 122 Å². The highest BCUT2D eigenvalue weighted by atomic mass is 32.2. The van der Waals surface area contributed by atoms with Gasteiger partial charge in [-0.2, -0.15) is 12.7 Å². The quantitative estimate of drug-likeness (QED) is 0.827. The smallest absolute Gasteiger partial charge is 0.304 e. The lowest BCUT2D eigenvalue weighted by Gasteiger charge is -2.16. The van der Waals surface area contributed by atoms with Gasteiger partial charge >= 0.3 is 16.2 Å². The molecule has 1 rings (SSSR count). The van der Waals surface area contributed by atoms with Gasteiger partial charge < -0.3 is 5.11 Å². The van der Waals surface area contributed by atoms with E-state index in [2.05, 4.69) is 9.71 Å². The van der Waals surface area contributed by atoms with E-state index in [0.29, 0.717) is 0 Å². The normalized spacial score (nSPS) is 12.7. The van der Waals surface area contributed by atoms with Crippen LogP contribution < -0.4 is 4.72 Å². The molecule has 2 N–H and O–H groups in total. The number of rotatable bonds is 6. The van der Waals surface area contributed by atoms with Crippen LogP contribution in [0.3, 0.4) is 0 Å². The summed E-state index contributed by atoms with van der Waals surface area (Å²) < 4.78 is 27.2. The van der Waals surface area contributed by atoms with E-state index >= 15 is 0 Å². The average molecular weight is 321 g/mol. The van der Waals surface area contributed by atoms with Crippen molar-refractivity contribution in [1.82, 2.24) is 9.29 Å². The van der Waals surface area contributed by atoms with Crippen LogP contribution in [0.2, 0.25) is 0 Å². The highest BCUT2D eigenvalue weighted by Gasteiger charge is 2.22. The lowest BCUT2D eigenvalue weighted by Crippen LogP contribution is -2.34. The summed E-state index contributed by atoms with van der Waals surface area (Å²) in [7, 11) is -2.45. The molecule has 0 atom stereocenters. The monoisotopic (exact) mass is 321 g/mol. The van der Waals surface area contributed by atoms with Gasteiger partial charge in [-0.25, -0.2) is 9.71 Å². The Hall–Kier alpha value is -1.19. The number of carboxylic acid groups (broad SMARTS) is 1. The molecule has 1 aromatic heterocycles. The van der Waals surface area contributed by atoms with E-state index in [1.165, 1.54) is 18.4 Å². The van der Waals surface area contributed by atoms with Gasteiger partial charge in [0.1, 0.15) is 0 Å². The highest BCUT2D eigenvalue weighted by molar-refractivity contribution is 7.90. The van der Waals surface area contributed by atoms with Crippen molar-refractivity contribution in [1.29, 1.82) is 0 Å². The Kier molecular flexibility index (Phi) is 5.11. The summed E-state index contributed by atoms with van der Waals surface area (Å²) in [5.74, 6) is -1.05. The number of aliphatic carboxylic acids is 1. The predicted octanol–water partition coefficient (Wildman–Crippen LogP) is 1.50. The van der Waals surface area contributed by atoms with Gasteiger partial charge in [0.2, 0.25) is 0 Å². The van der Waals surface area contributed by atoms with Crippen molar-refractivity contribution in [2.45, 2.75) is 32.6 Å². The first-order valence-electron chi connectivity index (χ1n) is 5.94. The number of thiazole rings is 1. The molecular formula is C11H19N3O4S2. The van der Waals surface area contributed by atoms with Crippen molar-refractivity contribution in [2.24, 2.45) is 0 Å². The maximum absolute atomic E-state index is 12.0. The summed E-state index contributed by atoms with van der Waals surface area (Å²) in [6.07, 6.45) is -0.247. The topological polar surface area (TPSA) is 99.6 Å². The molecule has 114 valence electrons. The molecule has 0 amide bonds. The Morgan fingerprint density at radius 1 is 1.50 bits per heavy atom. The summed E-state index contributed by atoms with van der Waals surface area (Å²) in [6, 6.07) is 0. The zero-order valence-corrected chi connectivity index (χ0v) is 13.5. The zero-order valence-electron chi connectivity index (χ0n) is 11.9. The van der Waals surface area contributed by atoms with Gasteiger partial charge in [-0.15, -0.1) is 11.3 Å². The van der Waals surface area contributed by atoms with Gasteiger partial charge in [0.05, 0.1) is 12.1 Å². The summed E-state index contributed by atoms with van der Waals surface area (Å²) in [5, 5.41) is 10.6. The van der Waals surface area contributed by atoms with E-state index < -0.39 is 16.2 Å². The highest BCUT2D eigenvalue weighted by Crippen LogP contribution is 2.27. The molecule has 0 radical (unpaired) electrons. The molecule has 0 aliphatic carbocycles. The van der Waals surface area contributed by atoms with Crippen molar-refractivity contribution in [2.75, 3.05) is 18.3 Å². The fourth-order valence-corrected chi connectivity index (χ4v) is 3.27. The van der Waals surface area contributed by atoms with E-state index in [1.807, 2.05) is 20.8 Å². The fraction of sp³-hybridized carbons (Fsp3) is 0.636. The van der Waals surface area contributed by atoms with Crippen LogP contribution >= 0.6 is 11.3 Å². The van der Waals surface area contributed by atoms with Crippen LogP contribution in [0.15, 0.2) is 5.38 Å². The van der Waals surface area contributed by atoms with Crippen LogP contribution in [0, 0.1) is 0 Å². The number of carboxylic acids is 1. The first-order valence-corrected chi connectivity index (χ1v) is 8.26. The van der Waals surface area contributed by atoms with Crippen LogP contribution in [0.5, 0.6) is 0 Å². The van der Waals surface area contributed by atoms with Gasteiger partial charge in [0, 0.05) is 24.4 Å². The third-order valence-corrected chi connectivity index (χ3v) is 4.88. The van der Waals surface area contributed by atoms with Gasteiger partial charge in [0.25, 0.3) is 0 Å². The standard InChI is InChI=1S/C11H19N3O4S2/c1-11(2,3)8-7-19-10(12-8)13-20(17,18)14(4)6-5-9(15)16/h7H,5-6H2,1-4H3,(H,12,13)(H,15,16). The molecule has 0 saturated heterocycles. The minimum absolute atomic E-state index is 0.0951. The molecule has 0 unspecified atom stereocenters. The SMILES string of the molecule is CN(CCC(=O)O)S(=O)(=O)Nc1nc(C(C)(C)C)cs1. The van der Waals surface area contributed by atoms with Crippen molar-refractivity contribution in [3.05, 3.63) is 11.1 Å². The van der Waals surface area contributed by atoms with Gasteiger partial charge in [0.15, 0.2) is 5.13 Å².